The molecule has 0 aromatic carbocycles. The number of rotatable bonds is 6. The van der Waals surface area contributed by atoms with Gasteiger partial charge < -0.3 is 10.1 Å². The van der Waals surface area contributed by atoms with Crippen molar-refractivity contribution in [3.05, 3.63) is 11.6 Å². The van der Waals surface area contributed by atoms with Crippen molar-refractivity contribution in [2.45, 2.75) is 33.2 Å². The molecule has 0 spiro atoms. The molecule has 2 unspecified atom stereocenters. The third-order valence-electron chi connectivity index (χ3n) is 2.01. The molecule has 2 heteroatoms. The molecule has 0 rings (SSSR count). The van der Waals surface area contributed by atoms with Gasteiger partial charge in [0.1, 0.15) is 0 Å². The fraction of sp³-hybridized carbons (Fsp3) is 0.818. The zero-order valence-electron chi connectivity index (χ0n) is 9.55. The lowest BCUT2D eigenvalue weighted by atomic mass is 10.0. The van der Waals surface area contributed by atoms with Gasteiger partial charge in [0.2, 0.25) is 0 Å². The van der Waals surface area contributed by atoms with E-state index in [2.05, 4.69) is 32.2 Å². The Kier molecular flexibility index (Phi) is 6.92. The van der Waals surface area contributed by atoms with Crippen LogP contribution in [0.15, 0.2) is 11.6 Å². The molecule has 0 aliphatic carbocycles. The number of hydrogen-bond donors (Lipinski definition) is 1. The van der Waals surface area contributed by atoms with Crippen molar-refractivity contribution < 1.29 is 4.74 Å². The van der Waals surface area contributed by atoms with Crippen molar-refractivity contribution in [2.24, 2.45) is 5.92 Å². The maximum absolute atomic E-state index is 5.11. The Morgan fingerprint density at radius 2 is 2.08 bits per heavy atom. The van der Waals surface area contributed by atoms with Crippen molar-refractivity contribution in [2.75, 3.05) is 20.8 Å². The molecule has 0 bridgehead atoms. The van der Waals surface area contributed by atoms with E-state index in [4.69, 9.17) is 4.74 Å². The summed E-state index contributed by atoms with van der Waals surface area (Å²) in [7, 11) is 3.76. The van der Waals surface area contributed by atoms with Gasteiger partial charge in [-0.15, -0.1) is 0 Å². The molecule has 2 nitrogen and oxygen atoms in total. The van der Waals surface area contributed by atoms with E-state index < -0.39 is 0 Å². The normalized spacial score (nSPS) is 15.2. The Morgan fingerprint density at radius 3 is 2.46 bits per heavy atom. The first-order valence-corrected chi connectivity index (χ1v) is 4.91. The molecule has 0 radical (unpaired) electrons. The van der Waals surface area contributed by atoms with E-state index in [0.29, 0.717) is 12.0 Å². The molecule has 0 saturated carbocycles. The highest BCUT2D eigenvalue weighted by molar-refractivity contribution is 5.00. The van der Waals surface area contributed by atoms with Crippen molar-refractivity contribution in [1.29, 1.82) is 0 Å². The minimum atomic E-state index is 0.482. The fourth-order valence-electron chi connectivity index (χ4n) is 1.46. The van der Waals surface area contributed by atoms with Crippen molar-refractivity contribution >= 4 is 0 Å². The molecule has 2 atom stereocenters. The number of allylic oxidation sites excluding steroid dienone is 1. The molecule has 0 heterocycles. The summed E-state index contributed by atoms with van der Waals surface area (Å²) in [4.78, 5) is 0. The summed E-state index contributed by atoms with van der Waals surface area (Å²) in [5, 5.41) is 3.29. The van der Waals surface area contributed by atoms with Crippen LogP contribution in [0, 0.1) is 5.92 Å². The van der Waals surface area contributed by atoms with Crippen LogP contribution in [-0.4, -0.2) is 26.8 Å². The lowest BCUT2D eigenvalue weighted by molar-refractivity contribution is 0.152. The molecule has 78 valence electrons. The number of ether oxygens (including phenoxy) is 1. The smallest absolute Gasteiger partial charge is 0.0488 e. The second-order valence-electron chi connectivity index (χ2n) is 3.94. The quantitative estimate of drug-likeness (QED) is 0.641. The van der Waals surface area contributed by atoms with Crippen molar-refractivity contribution in [3.8, 4) is 0 Å². The van der Waals surface area contributed by atoms with E-state index in [1.807, 2.05) is 7.05 Å². The third-order valence-corrected chi connectivity index (χ3v) is 2.01. The van der Waals surface area contributed by atoms with Gasteiger partial charge in [-0.1, -0.05) is 18.6 Å². The number of methoxy groups -OCH3 is 1. The van der Waals surface area contributed by atoms with Crippen LogP contribution in [-0.2, 0) is 4.74 Å². The second kappa shape index (κ2) is 7.10. The topological polar surface area (TPSA) is 21.3 Å². The van der Waals surface area contributed by atoms with E-state index >= 15 is 0 Å². The van der Waals surface area contributed by atoms with Gasteiger partial charge in [0, 0.05) is 19.8 Å². The average molecular weight is 185 g/mol. The Balaban J connectivity index is 3.90. The number of nitrogens with one attached hydrogen (secondary N) is 1. The summed E-state index contributed by atoms with van der Waals surface area (Å²) in [5.74, 6) is 0.609. The standard InChI is InChI=1S/C11H23NO/c1-9(2)6-11(12-4)7-10(3)8-13-5/h6,10-12H,7-8H2,1-5H3. The molecule has 0 aliphatic heterocycles. The van der Waals surface area contributed by atoms with Gasteiger partial charge in [-0.05, 0) is 33.2 Å². The van der Waals surface area contributed by atoms with E-state index in [1.54, 1.807) is 7.11 Å². The van der Waals surface area contributed by atoms with Gasteiger partial charge in [0.15, 0.2) is 0 Å². The second-order valence-corrected chi connectivity index (χ2v) is 3.94. The van der Waals surface area contributed by atoms with Gasteiger partial charge in [0.05, 0.1) is 0 Å². The first-order valence-electron chi connectivity index (χ1n) is 4.91. The summed E-state index contributed by atoms with van der Waals surface area (Å²) >= 11 is 0. The Bertz CT molecular complexity index is 150. The SMILES string of the molecule is CNC(C=C(C)C)CC(C)COC. The number of hydrogen-bond acceptors (Lipinski definition) is 2. The predicted octanol–water partition coefficient (Wildman–Crippen LogP) is 2.21. The zero-order valence-corrected chi connectivity index (χ0v) is 9.55. The number of likely N-dealkylation sites (N-methyl/N-ethyl adjacent to an activating group) is 1. The van der Waals surface area contributed by atoms with Crippen LogP contribution in [0.1, 0.15) is 27.2 Å². The van der Waals surface area contributed by atoms with Crippen LogP contribution in [0.5, 0.6) is 0 Å². The first kappa shape index (κ1) is 12.7. The highest BCUT2D eigenvalue weighted by Crippen LogP contribution is 2.08. The molecule has 0 aliphatic rings. The van der Waals surface area contributed by atoms with Gasteiger partial charge in [-0.3, -0.25) is 0 Å². The molecule has 0 saturated heterocycles. The van der Waals surface area contributed by atoms with Crippen LogP contribution in [0.3, 0.4) is 0 Å². The van der Waals surface area contributed by atoms with E-state index in [-0.39, 0.29) is 0 Å². The molecule has 0 aromatic rings. The molecule has 13 heavy (non-hydrogen) atoms. The van der Waals surface area contributed by atoms with E-state index in [9.17, 15) is 0 Å². The molecule has 1 N–H and O–H groups in total. The molecule has 0 aromatic heterocycles. The van der Waals surface area contributed by atoms with E-state index in [0.717, 1.165) is 13.0 Å². The minimum Gasteiger partial charge on any atom is -0.384 e. The van der Waals surface area contributed by atoms with Gasteiger partial charge in [0.25, 0.3) is 0 Å². The highest BCUT2D eigenvalue weighted by Gasteiger charge is 2.08. The summed E-state index contributed by atoms with van der Waals surface area (Å²) in [6.07, 6.45) is 3.40. The summed E-state index contributed by atoms with van der Waals surface area (Å²) in [6.45, 7) is 7.32. The first-order chi connectivity index (χ1) is 6.10. The van der Waals surface area contributed by atoms with Crippen LogP contribution in [0.4, 0.5) is 0 Å². The molecule has 0 fully saturated rings. The van der Waals surface area contributed by atoms with E-state index in [1.165, 1.54) is 5.57 Å². The van der Waals surface area contributed by atoms with Crippen LogP contribution in [0.25, 0.3) is 0 Å². The predicted molar refractivity (Wildman–Crippen MR) is 57.9 cm³/mol. The Hall–Kier alpha value is -0.340. The van der Waals surface area contributed by atoms with Crippen LogP contribution < -0.4 is 5.32 Å². The highest BCUT2D eigenvalue weighted by atomic mass is 16.5. The Morgan fingerprint density at radius 1 is 1.46 bits per heavy atom. The maximum Gasteiger partial charge on any atom is 0.0488 e. The van der Waals surface area contributed by atoms with Crippen molar-refractivity contribution in [1.82, 2.24) is 5.32 Å². The van der Waals surface area contributed by atoms with Gasteiger partial charge in [-0.25, -0.2) is 0 Å². The molecular formula is C11H23NO. The van der Waals surface area contributed by atoms with Crippen LogP contribution in [0.2, 0.25) is 0 Å². The largest absolute Gasteiger partial charge is 0.384 e. The lowest BCUT2D eigenvalue weighted by Crippen LogP contribution is -2.26. The maximum atomic E-state index is 5.11. The monoisotopic (exact) mass is 185 g/mol. The fourth-order valence-corrected chi connectivity index (χ4v) is 1.46. The third kappa shape index (κ3) is 6.79. The molecular weight excluding hydrogens is 162 g/mol. The van der Waals surface area contributed by atoms with Gasteiger partial charge in [-0.2, -0.15) is 0 Å². The minimum absolute atomic E-state index is 0.482. The zero-order chi connectivity index (χ0) is 10.3. The van der Waals surface area contributed by atoms with Crippen molar-refractivity contribution in [3.63, 3.8) is 0 Å². The summed E-state index contributed by atoms with van der Waals surface area (Å²) in [6, 6.07) is 0.482. The Labute approximate surface area is 82.4 Å². The molecule has 0 amide bonds. The summed E-state index contributed by atoms with van der Waals surface area (Å²) in [5.41, 5.74) is 1.36. The lowest BCUT2D eigenvalue weighted by Gasteiger charge is -2.17. The average Bonchev–Trinajstić information content (AvgIpc) is 2.02. The summed E-state index contributed by atoms with van der Waals surface area (Å²) < 4.78 is 5.11. The van der Waals surface area contributed by atoms with Gasteiger partial charge >= 0.3 is 0 Å². The van der Waals surface area contributed by atoms with Crippen LogP contribution >= 0.6 is 0 Å².